The first-order valence-electron chi connectivity index (χ1n) is 9.40. The molecular weight excluding hydrogens is 364 g/mol. The molecule has 0 aliphatic heterocycles. The molecule has 1 nitrogen and oxygen atoms in total. The first-order valence-corrected chi connectivity index (χ1v) is 9.40. The van der Waals surface area contributed by atoms with Crippen molar-refractivity contribution in [1.82, 2.24) is 0 Å². The van der Waals surface area contributed by atoms with Gasteiger partial charge in [0.2, 0.25) is 0 Å². The molecule has 2 aliphatic rings. The zero-order valence-electron chi connectivity index (χ0n) is 15.0. The van der Waals surface area contributed by atoms with E-state index < -0.39 is 0 Å². The topological polar surface area (TPSA) is 26.0 Å². The van der Waals surface area contributed by atoms with E-state index in [0.717, 1.165) is 23.4 Å². The molecule has 4 rings (SSSR count). The van der Waals surface area contributed by atoms with Crippen LogP contribution in [0, 0.1) is 18.3 Å². The number of benzene rings is 2. The molecular formula is C22H28NRb. The number of rotatable bonds is 2. The molecule has 0 saturated heterocycles. The quantitative estimate of drug-likeness (QED) is 0.618. The maximum absolute atomic E-state index is 5.89. The molecule has 0 heterocycles. The number of fused-ring (bicyclic) bond motifs is 1. The van der Waals surface area contributed by atoms with Crippen molar-refractivity contribution in [2.24, 2.45) is 11.8 Å². The number of nitrogens with two attached hydrogens (primary N) is 1. The van der Waals surface area contributed by atoms with Crippen LogP contribution in [0.5, 0.6) is 0 Å². The van der Waals surface area contributed by atoms with Crippen LogP contribution >= 0.6 is 0 Å². The zero-order valence-corrected chi connectivity index (χ0v) is 19.9. The third-order valence-corrected chi connectivity index (χ3v) is 6.28. The predicted molar refractivity (Wildman–Crippen MR) is 99.3 cm³/mol. The minimum Gasteiger partial charge on any atom is -0.399 e. The van der Waals surface area contributed by atoms with E-state index in [4.69, 9.17) is 5.73 Å². The van der Waals surface area contributed by atoms with Crippen molar-refractivity contribution in [3.05, 3.63) is 48.4 Å². The minimum absolute atomic E-state index is 0. The monoisotopic (exact) mass is 391 g/mol. The molecule has 2 saturated carbocycles. The van der Waals surface area contributed by atoms with Crippen LogP contribution in [0.25, 0.3) is 10.8 Å². The van der Waals surface area contributed by atoms with Gasteiger partial charge >= 0.3 is 58.2 Å². The molecule has 2 aromatic rings. The average Bonchev–Trinajstić information content (AvgIpc) is 2.62. The number of nitrogen functional groups attached to an aromatic ring is 1. The van der Waals surface area contributed by atoms with Crippen LogP contribution in [0.4, 0.5) is 5.69 Å². The van der Waals surface area contributed by atoms with Crippen molar-refractivity contribution in [3.63, 3.8) is 0 Å². The third kappa shape index (κ3) is 4.34. The summed E-state index contributed by atoms with van der Waals surface area (Å²) in [6.07, 6.45) is 13.8. The van der Waals surface area contributed by atoms with E-state index in [1.165, 1.54) is 67.7 Å². The van der Waals surface area contributed by atoms with Crippen molar-refractivity contribution in [2.45, 2.75) is 57.3 Å². The summed E-state index contributed by atoms with van der Waals surface area (Å²) in [5, 5.41) is 2.60. The summed E-state index contributed by atoms with van der Waals surface area (Å²) in [5.41, 5.74) is 8.29. The smallest absolute Gasteiger partial charge is 0.399 e. The van der Waals surface area contributed by atoms with Gasteiger partial charge in [0.1, 0.15) is 0 Å². The van der Waals surface area contributed by atoms with Gasteiger partial charge in [-0.3, -0.25) is 0 Å². The van der Waals surface area contributed by atoms with E-state index >= 15 is 0 Å². The Bertz CT molecular complexity index is 667. The van der Waals surface area contributed by atoms with E-state index in [1.807, 2.05) is 6.07 Å². The molecule has 2 N–H and O–H groups in total. The Balaban J connectivity index is 0.00000169. The number of hydrogen-bond acceptors (Lipinski definition) is 1. The van der Waals surface area contributed by atoms with E-state index in [1.54, 1.807) is 0 Å². The maximum atomic E-state index is 5.89. The van der Waals surface area contributed by atoms with Gasteiger partial charge in [0.05, 0.1) is 0 Å². The summed E-state index contributed by atoms with van der Waals surface area (Å²) in [5.74, 6) is 2.78. The Labute approximate surface area is 195 Å². The Kier molecular flexibility index (Phi) is 6.99. The fraction of sp³-hybridized carbons (Fsp3) is 0.500. The fourth-order valence-electron chi connectivity index (χ4n) is 4.88. The van der Waals surface area contributed by atoms with Gasteiger partial charge in [0.25, 0.3) is 0 Å². The van der Waals surface area contributed by atoms with Crippen LogP contribution < -0.4 is 63.9 Å². The second kappa shape index (κ2) is 8.80. The first kappa shape index (κ1) is 19.1. The molecule has 2 fully saturated rings. The molecule has 0 aromatic heterocycles. The average molecular weight is 392 g/mol. The Morgan fingerprint density at radius 2 is 1.38 bits per heavy atom. The Morgan fingerprint density at radius 3 is 2.12 bits per heavy atom. The summed E-state index contributed by atoms with van der Waals surface area (Å²) >= 11 is 0. The van der Waals surface area contributed by atoms with Crippen LogP contribution in [-0.4, -0.2) is 0 Å². The van der Waals surface area contributed by atoms with E-state index in [-0.39, 0.29) is 58.2 Å². The van der Waals surface area contributed by atoms with E-state index in [9.17, 15) is 0 Å². The Hall–Kier alpha value is 0.305. The van der Waals surface area contributed by atoms with Crippen molar-refractivity contribution in [3.8, 4) is 0 Å². The summed E-state index contributed by atoms with van der Waals surface area (Å²) in [7, 11) is 0. The van der Waals surface area contributed by atoms with Crippen molar-refractivity contribution < 1.29 is 58.2 Å². The molecule has 0 spiro atoms. The van der Waals surface area contributed by atoms with Gasteiger partial charge in [-0.1, -0.05) is 37.1 Å². The summed E-state index contributed by atoms with van der Waals surface area (Å²) in [6, 6.07) is 13.2. The van der Waals surface area contributed by atoms with Crippen LogP contribution in [0.3, 0.4) is 0 Å². The maximum Gasteiger partial charge on any atom is 1.00 e. The largest absolute Gasteiger partial charge is 1.00 e. The van der Waals surface area contributed by atoms with Crippen molar-refractivity contribution >= 4 is 16.5 Å². The number of anilines is 1. The van der Waals surface area contributed by atoms with Gasteiger partial charge in [0.15, 0.2) is 0 Å². The Morgan fingerprint density at radius 1 is 0.750 bits per heavy atom. The summed E-state index contributed by atoms with van der Waals surface area (Å²) in [6.45, 7) is 0. The molecule has 2 aromatic carbocycles. The molecule has 2 heteroatoms. The molecule has 0 radical (unpaired) electrons. The van der Waals surface area contributed by atoms with Gasteiger partial charge in [-0.25, -0.2) is 0 Å². The van der Waals surface area contributed by atoms with Gasteiger partial charge < -0.3 is 12.2 Å². The first-order chi connectivity index (χ1) is 11.3. The standard InChI is InChI=1S/C22H28N.Rb/c23-22-13-12-20-14-19(10-11-21(20)15-22)18-8-6-17(7-9-18)16-4-2-1-3-5-16;/h1,10-18H,2-9,23H2;/q-1;+1. The van der Waals surface area contributed by atoms with E-state index in [0.29, 0.717) is 0 Å². The summed E-state index contributed by atoms with van der Waals surface area (Å²) in [4.78, 5) is 0. The molecule has 2 aliphatic carbocycles. The molecule has 0 bridgehead atoms. The van der Waals surface area contributed by atoms with E-state index in [2.05, 4.69) is 36.8 Å². The SMILES string of the molecule is Nc1ccc2cc(C3CCC(C4CC[CH-]CC4)CC3)ccc2c1.[Rb+]. The van der Waals surface area contributed by atoms with Crippen molar-refractivity contribution in [2.75, 3.05) is 5.73 Å². The molecule has 0 unspecified atom stereocenters. The predicted octanol–water partition coefficient (Wildman–Crippen LogP) is 3.09. The van der Waals surface area contributed by atoms with Crippen LogP contribution in [0.1, 0.15) is 62.8 Å². The van der Waals surface area contributed by atoms with Gasteiger partial charge in [-0.2, -0.15) is 12.8 Å². The molecule has 0 atom stereocenters. The second-order valence-electron chi connectivity index (χ2n) is 7.68. The minimum atomic E-state index is 0. The van der Waals surface area contributed by atoms with Crippen molar-refractivity contribution in [1.29, 1.82) is 0 Å². The molecule has 0 amide bonds. The second-order valence-corrected chi connectivity index (χ2v) is 7.68. The normalized spacial score (nSPS) is 25.3. The zero-order chi connectivity index (χ0) is 15.6. The fourth-order valence-corrected chi connectivity index (χ4v) is 4.88. The van der Waals surface area contributed by atoms with Gasteiger partial charge in [-0.15, -0.1) is 0 Å². The van der Waals surface area contributed by atoms with Crippen LogP contribution in [0.15, 0.2) is 36.4 Å². The van der Waals surface area contributed by atoms with Gasteiger partial charge in [-0.05, 0) is 71.9 Å². The summed E-state index contributed by atoms with van der Waals surface area (Å²) < 4.78 is 0. The molecule has 122 valence electrons. The third-order valence-electron chi connectivity index (χ3n) is 6.28. The number of hydrogen-bond donors (Lipinski definition) is 1. The molecule has 24 heavy (non-hydrogen) atoms. The van der Waals surface area contributed by atoms with Gasteiger partial charge in [0, 0.05) is 5.69 Å². The van der Waals surface area contributed by atoms with Crippen LogP contribution in [0.2, 0.25) is 0 Å². The van der Waals surface area contributed by atoms with Crippen LogP contribution in [-0.2, 0) is 0 Å².